The Bertz CT molecular complexity index is 2730. The molecule has 0 aliphatic rings. The van der Waals surface area contributed by atoms with Crippen LogP contribution in [0, 0.1) is 42.0 Å². The number of nitrogens with two attached hydrogens (primary N) is 2. The topological polar surface area (TPSA) is 354 Å². The zero-order valence-corrected chi connectivity index (χ0v) is 47.7. The molecule has 0 amide bonds. The molecule has 0 aliphatic heterocycles. The SMILES string of the molecule is CCOC(=O)/C=C/c1ccc(N)c(NC)c1.CCOC(=O)/C=C/c1ccc([N+](=O)[O-])c(F)c1.CCOC(=O)/C=C/c1ccc([N+](=O)[O-])c(NC)c1.CCOP(=O)(CC(C)=O)OCC.CN.O=Cc1ccc([N+](=O)[O-])c(F)c1.[H-].[Na+]. The number of nitro benzene ring substituents is 3. The van der Waals surface area contributed by atoms with E-state index in [9.17, 15) is 67.7 Å². The van der Waals surface area contributed by atoms with Crippen molar-refractivity contribution < 1.29 is 106 Å². The zero-order valence-electron chi connectivity index (χ0n) is 45.9. The maximum Gasteiger partial charge on any atom is 1.00 e. The Hall–Kier alpha value is -7.58. The van der Waals surface area contributed by atoms with Gasteiger partial charge in [-0.2, -0.15) is 8.78 Å². The minimum atomic E-state index is -3.12. The molecule has 0 aliphatic carbocycles. The Morgan fingerprint density at radius 2 is 0.923 bits per heavy atom. The summed E-state index contributed by atoms with van der Waals surface area (Å²) >= 11 is 0. The van der Waals surface area contributed by atoms with Crippen molar-refractivity contribution in [3.8, 4) is 0 Å². The number of esters is 3. The van der Waals surface area contributed by atoms with Crippen LogP contribution in [0.2, 0.25) is 0 Å². The number of carbonyl (C=O) groups is 5. The van der Waals surface area contributed by atoms with Crippen LogP contribution >= 0.6 is 7.60 Å². The average Bonchev–Trinajstić information content (AvgIpc) is 3.38. The second kappa shape index (κ2) is 42.5. The Morgan fingerprint density at radius 1 is 0.590 bits per heavy atom. The number of carbonyl (C=O) groups excluding carboxylic acids is 5. The number of anilines is 3. The van der Waals surface area contributed by atoms with Gasteiger partial charge in [-0.25, -0.2) is 14.4 Å². The fourth-order valence-electron chi connectivity index (χ4n) is 5.29. The number of nitrogens with one attached hydrogen (secondary N) is 2. The molecule has 0 atom stereocenters. The van der Waals surface area contributed by atoms with Crippen molar-refractivity contribution in [1.29, 1.82) is 0 Å². The van der Waals surface area contributed by atoms with Crippen LogP contribution in [0.4, 0.5) is 42.9 Å². The molecule has 4 rings (SSSR count). The van der Waals surface area contributed by atoms with Crippen LogP contribution in [-0.2, 0) is 47.0 Å². The summed E-state index contributed by atoms with van der Waals surface area (Å²) in [6.45, 7) is 11.5. The summed E-state index contributed by atoms with van der Waals surface area (Å²) < 4.78 is 61.4. The molecule has 78 heavy (non-hydrogen) atoms. The van der Waals surface area contributed by atoms with Crippen molar-refractivity contribution in [2.24, 2.45) is 5.73 Å². The van der Waals surface area contributed by atoms with Crippen molar-refractivity contribution in [3.63, 3.8) is 0 Å². The van der Waals surface area contributed by atoms with Crippen LogP contribution in [0.25, 0.3) is 18.2 Å². The van der Waals surface area contributed by atoms with Gasteiger partial charge < -0.3 is 46.8 Å². The number of Topliss-reactive ketones (excluding diaryl/α,β-unsaturated/α-hetero) is 1. The molecule has 4 aromatic carbocycles. The Morgan fingerprint density at radius 3 is 1.24 bits per heavy atom. The number of benzene rings is 4. The van der Waals surface area contributed by atoms with Gasteiger partial charge >= 0.3 is 66.4 Å². The van der Waals surface area contributed by atoms with Gasteiger partial charge in [-0.05, 0) is 132 Å². The van der Waals surface area contributed by atoms with Crippen molar-refractivity contribution in [3.05, 3.63) is 155 Å². The van der Waals surface area contributed by atoms with Gasteiger partial charge in [-0.3, -0.25) is 44.5 Å². The van der Waals surface area contributed by atoms with Gasteiger partial charge in [0, 0.05) is 56.1 Å². The van der Waals surface area contributed by atoms with Gasteiger partial charge in [-0.1, -0.05) is 6.07 Å². The number of aldehydes is 1. The third-order valence-corrected chi connectivity index (χ3v) is 10.6. The summed E-state index contributed by atoms with van der Waals surface area (Å²) in [5.74, 6) is -3.45. The smallest absolute Gasteiger partial charge is 1.00 e. The number of hydrogen-bond acceptors (Lipinski definition) is 21. The Kier molecular flexibility index (Phi) is 40.7. The molecule has 0 fully saturated rings. The summed E-state index contributed by atoms with van der Waals surface area (Å²) in [4.78, 5) is 83.0. The number of nitro groups is 3. The summed E-state index contributed by atoms with van der Waals surface area (Å²) in [7, 11) is 1.77. The molecule has 6 N–H and O–H groups in total. The van der Waals surface area contributed by atoms with E-state index in [-0.39, 0.29) is 66.8 Å². The normalized spacial score (nSPS) is 10.1. The largest absolute Gasteiger partial charge is 1.00 e. The molecule has 0 radical (unpaired) electrons. The van der Waals surface area contributed by atoms with E-state index in [1.54, 1.807) is 79.1 Å². The number of rotatable bonds is 21. The number of nitrogen functional groups attached to an aromatic ring is 1. The number of halogens is 2. The van der Waals surface area contributed by atoms with E-state index >= 15 is 0 Å². The Labute approximate surface area is 473 Å². The standard InChI is InChI=1S/C12H14N2O4.C12H16N2O2.C11H10FNO4.C7H4FNO3.C7H15O4P.CH5N.Na.H/c1-3-18-12(15)7-5-9-4-6-11(14(16)17)10(8-9)13-2;1-3-16-12(15)7-5-9-4-6-10(13)11(8-9)14-2;1-2-17-11(14)6-4-8-3-5-10(13(15)16)9(12)7-8;8-6-3-5(4-10)1-2-7(6)9(11)12;1-4-10-12(9,11-5-2)6-7(3)8;1-2;;/h4-8,13H,3H2,1-2H3;4-8,14H,3,13H2,1-2H3;3-7H,2H2,1H3;1-4H;4-6H2,1-3H3;2H2,1H3;;/q;;;;;;+1;-1/b2*7-5+;6-4+;;;;;. The van der Waals surface area contributed by atoms with E-state index in [2.05, 4.69) is 21.1 Å². The maximum atomic E-state index is 13.2. The molecule has 0 aromatic heterocycles. The van der Waals surface area contributed by atoms with Crippen molar-refractivity contribution in [2.45, 2.75) is 41.5 Å². The van der Waals surface area contributed by atoms with Gasteiger partial charge in [0.25, 0.3) is 5.69 Å². The van der Waals surface area contributed by atoms with Crippen LogP contribution in [0.3, 0.4) is 0 Å². The third kappa shape index (κ3) is 31.5. The molecule has 0 spiro atoms. The number of ether oxygens (including phenoxy) is 3. The predicted molar refractivity (Wildman–Crippen MR) is 289 cm³/mol. The Balaban J connectivity index is -0.000000442. The molecule has 0 unspecified atom stereocenters. The molecule has 28 heteroatoms. The van der Waals surface area contributed by atoms with E-state index in [0.29, 0.717) is 55.2 Å². The summed E-state index contributed by atoms with van der Waals surface area (Å²) in [6, 6.07) is 16.4. The van der Waals surface area contributed by atoms with E-state index in [0.717, 1.165) is 41.6 Å². The molecule has 4 aromatic rings. The first-order chi connectivity index (χ1) is 36.5. The van der Waals surface area contributed by atoms with Gasteiger partial charge in [0.2, 0.25) is 11.6 Å². The fraction of sp³-hybridized carbons (Fsp3) is 0.300. The zero-order chi connectivity index (χ0) is 59.1. The molecule has 0 saturated carbocycles. The van der Waals surface area contributed by atoms with Crippen molar-refractivity contribution in [2.75, 3.05) is 76.7 Å². The first-order valence-electron chi connectivity index (χ1n) is 22.8. The summed E-state index contributed by atoms with van der Waals surface area (Å²) in [5, 5.41) is 36.9. The number of hydrogen-bond donors (Lipinski definition) is 4. The first-order valence-corrected chi connectivity index (χ1v) is 24.6. The minimum absolute atomic E-state index is 0. The van der Waals surface area contributed by atoms with E-state index in [4.69, 9.17) is 24.3 Å². The van der Waals surface area contributed by atoms with Crippen LogP contribution in [0.5, 0.6) is 0 Å². The average molecular weight is 1130 g/mol. The van der Waals surface area contributed by atoms with Crippen LogP contribution in [0.15, 0.2) is 91.0 Å². The molecule has 24 nitrogen and oxygen atoms in total. The number of nitrogens with zero attached hydrogens (tertiary/aromatic N) is 3. The predicted octanol–water partition coefficient (Wildman–Crippen LogP) is 6.49. The van der Waals surface area contributed by atoms with Crippen LogP contribution in [-0.4, -0.2) is 105 Å². The second-order valence-corrected chi connectivity index (χ2v) is 16.1. The monoisotopic (exact) mass is 1130 g/mol. The van der Waals surface area contributed by atoms with Crippen LogP contribution < -0.4 is 51.7 Å². The van der Waals surface area contributed by atoms with Crippen LogP contribution in [0.1, 0.15) is 70.0 Å². The van der Waals surface area contributed by atoms with Gasteiger partial charge in [0.1, 0.15) is 23.9 Å². The molecular formula is C50H65F2N7NaO17P. The van der Waals surface area contributed by atoms with Gasteiger partial charge in [-0.15, -0.1) is 0 Å². The molecule has 0 heterocycles. The van der Waals surface area contributed by atoms with Gasteiger partial charge in [0.15, 0.2) is 0 Å². The second-order valence-electron chi connectivity index (χ2n) is 14.0. The molecule has 0 bridgehead atoms. The van der Waals surface area contributed by atoms with Crippen molar-refractivity contribution in [1.82, 2.24) is 0 Å². The first kappa shape index (κ1) is 74.7. The maximum absolute atomic E-state index is 13.2. The fourth-order valence-corrected chi connectivity index (χ4v) is 6.88. The third-order valence-electron chi connectivity index (χ3n) is 8.47. The summed E-state index contributed by atoms with van der Waals surface area (Å²) in [6.07, 6.45) is 8.66. The van der Waals surface area contributed by atoms with E-state index in [1.807, 2.05) is 12.1 Å². The molecular weight excluding hydrogens is 1060 g/mol. The molecule has 0 saturated heterocycles. The minimum Gasteiger partial charge on any atom is -1.00 e. The van der Waals surface area contributed by atoms with Gasteiger partial charge in [0.05, 0.1) is 59.2 Å². The van der Waals surface area contributed by atoms with Crippen molar-refractivity contribution >= 4 is 89.9 Å². The quantitative estimate of drug-likeness (QED) is 0.00797. The van der Waals surface area contributed by atoms with E-state index < -0.39 is 57.3 Å². The summed E-state index contributed by atoms with van der Waals surface area (Å²) in [5.41, 5.74) is 12.9. The van der Waals surface area contributed by atoms with E-state index in [1.165, 1.54) is 50.4 Å². The molecule has 422 valence electrons. The number of ketones is 1.